The molecule has 0 bridgehead atoms. The maximum absolute atomic E-state index is 6.05. The lowest BCUT2D eigenvalue weighted by Gasteiger charge is -2.07. The largest absolute Gasteiger partial charge is 0.406 e. The molecule has 19 heavy (non-hydrogen) atoms. The summed E-state index contributed by atoms with van der Waals surface area (Å²) in [6.07, 6.45) is 0. The van der Waals surface area contributed by atoms with Gasteiger partial charge in [0.05, 0.1) is 21.8 Å². The number of para-hydroxylation sites is 1. The lowest BCUT2D eigenvalue weighted by atomic mass is 10.3. The molecule has 1 atom stereocenters. The zero-order valence-electron chi connectivity index (χ0n) is 10.6. The maximum atomic E-state index is 6.05. The van der Waals surface area contributed by atoms with Gasteiger partial charge in [0.2, 0.25) is 5.89 Å². The molecule has 0 fully saturated rings. The van der Waals surface area contributed by atoms with Crippen molar-refractivity contribution in [3.8, 4) is 0 Å². The molecule has 2 rings (SSSR count). The molecule has 1 aromatic carbocycles. The fourth-order valence-corrected chi connectivity index (χ4v) is 2.07. The Morgan fingerprint density at radius 1 is 1.26 bits per heavy atom. The van der Waals surface area contributed by atoms with E-state index in [2.05, 4.69) is 20.8 Å². The number of nitrogens with one attached hydrogen (secondary N) is 2. The Morgan fingerprint density at radius 2 is 1.95 bits per heavy atom. The molecule has 1 aromatic heterocycles. The molecular weight excluding hydrogens is 287 g/mol. The molecule has 2 aromatic rings. The lowest BCUT2D eigenvalue weighted by molar-refractivity contribution is 0.430. The van der Waals surface area contributed by atoms with Crippen molar-refractivity contribution >= 4 is 34.9 Å². The van der Waals surface area contributed by atoms with E-state index in [1.54, 1.807) is 18.2 Å². The molecule has 0 saturated carbocycles. The van der Waals surface area contributed by atoms with Crippen LogP contribution in [0.5, 0.6) is 0 Å². The van der Waals surface area contributed by atoms with Crippen LogP contribution in [0.1, 0.15) is 25.8 Å². The number of nitrogens with zero attached hydrogens (tertiary/aromatic N) is 2. The van der Waals surface area contributed by atoms with E-state index >= 15 is 0 Å². The number of rotatable bonds is 5. The Labute approximate surface area is 121 Å². The van der Waals surface area contributed by atoms with E-state index in [9.17, 15) is 0 Å². The fourth-order valence-electron chi connectivity index (χ4n) is 1.58. The van der Waals surface area contributed by atoms with Crippen LogP contribution in [0.25, 0.3) is 0 Å². The zero-order valence-corrected chi connectivity index (χ0v) is 12.1. The monoisotopic (exact) mass is 300 g/mol. The Balaban J connectivity index is 2.16. The summed E-state index contributed by atoms with van der Waals surface area (Å²) in [7, 11) is 0. The fraction of sp³-hybridized carbons (Fsp3) is 0.333. The normalized spacial score (nSPS) is 12.4. The van der Waals surface area contributed by atoms with E-state index in [0.29, 0.717) is 21.6 Å². The summed E-state index contributed by atoms with van der Waals surface area (Å²) in [6.45, 7) is 4.78. The van der Waals surface area contributed by atoms with E-state index in [0.717, 1.165) is 6.54 Å². The molecule has 0 aliphatic heterocycles. The summed E-state index contributed by atoms with van der Waals surface area (Å²) in [5.41, 5.74) is 0.553. The second-order valence-corrected chi connectivity index (χ2v) is 4.76. The molecule has 1 heterocycles. The van der Waals surface area contributed by atoms with Crippen LogP contribution in [0.2, 0.25) is 10.0 Å². The van der Waals surface area contributed by atoms with Crippen molar-refractivity contribution in [2.45, 2.75) is 19.9 Å². The van der Waals surface area contributed by atoms with Crippen LogP contribution in [-0.4, -0.2) is 16.7 Å². The van der Waals surface area contributed by atoms with Gasteiger partial charge in [-0.25, -0.2) is 0 Å². The molecule has 0 aliphatic rings. The Hall–Kier alpha value is -1.30. The highest BCUT2D eigenvalue weighted by atomic mass is 35.5. The number of hydrogen-bond donors (Lipinski definition) is 2. The molecule has 0 spiro atoms. The highest BCUT2D eigenvalue weighted by Gasteiger charge is 2.14. The summed E-state index contributed by atoms with van der Waals surface area (Å²) < 4.78 is 5.50. The van der Waals surface area contributed by atoms with Gasteiger partial charge in [0.25, 0.3) is 0 Å². The molecule has 102 valence electrons. The maximum Gasteiger partial charge on any atom is 0.320 e. The SMILES string of the molecule is CCNC(C)c1nnc(Nc2c(Cl)cccc2Cl)o1. The first-order valence-electron chi connectivity index (χ1n) is 5.89. The Bertz CT molecular complexity index is 538. The van der Waals surface area contributed by atoms with Crippen molar-refractivity contribution in [1.29, 1.82) is 0 Å². The van der Waals surface area contributed by atoms with E-state index in [1.165, 1.54) is 0 Å². The van der Waals surface area contributed by atoms with Crippen LogP contribution in [-0.2, 0) is 0 Å². The zero-order chi connectivity index (χ0) is 13.8. The molecule has 0 saturated heterocycles. The van der Waals surface area contributed by atoms with Crippen molar-refractivity contribution < 1.29 is 4.42 Å². The number of hydrogen-bond acceptors (Lipinski definition) is 5. The quantitative estimate of drug-likeness (QED) is 0.879. The number of aromatic nitrogens is 2. The third-order valence-electron chi connectivity index (χ3n) is 2.52. The summed E-state index contributed by atoms with van der Waals surface area (Å²) in [5.74, 6) is 0.507. The molecule has 5 nitrogen and oxygen atoms in total. The summed E-state index contributed by atoms with van der Waals surface area (Å²) in [5, 5.41) is 15.0. The van der Waals surface area contributed by atoms with Crippen LogP contribution < -0.4 is 10.6 Å². The molecule has 2 N–H and O–H groups in total. The molecular formula is C12H14Cl2N4O. The second kappa shape index (κ2) is 6.23. The van der Waals surface area contributed by atoms with E-state index in [-0.39, 0.29) is 12.1 Å². The van der Waals surface area contributed by atoms with Crippen LogP contribution in [0, 0.1) is 0 Å². The average molecular weight is 301 g/mol. The van der Waals surface area contributed by atoms with Crippen molar-refractivity contribution in [2.24, 2.45) is 0 Å². The van der Waals surface area contributed by atoms with Crippen LogP contribution in [0.15, 0.2) is 22.6 Å². The summed E-state index contributed by atoms with van der Waals surface area (Å²) in [4.78, 5) is 0. The van der Waals surface area contributed by atoms with Gasteiger partial charge in [-0.15, -0.1) is 5.10 Å². The molecule has 0 amide bonds. The van der Waals surface area contributed by atoms with Gasteiger partial charge in [-0.3, -0.25) is 0 Å². The minimum absolute atomic E-state index is 0.00485. The van der Waals surface area contributed by atoms with Gasteiger partial charge in [0, 0.05) is 0 Å². The summed E-state index contributed by atoms with van der Waals surface area (Å²) >= 11 is 12.1. The second-order valence-electron chi connectivity index (χ2n) is 3.95. The smallest absolute Gasteiger partial charge is 0.320 e. The Morgan fingerprint density at radius 3 is 2.58 bits per heavy atom. The van der Waals surface area contributed by atoms with Crippen molar-refractivity contribution in [3.05, 3.63) is 34.1 Å². The predicted octanol–water partition coefficient (Wildman–Crippen LogP) is 3.79. The van der Waals surface area contributed by atoms with Gasteiger partial charge in [-0.05, 0) is 25.6 Å². The average Bonchev–Trinajstić information content (AvgIpc) is 2.83. The topological polar surface area (TPSA) is 63.0 Å². The minimum Gasteiger partial charge on any atom is -0.406 e. The van der Waals surface area contributed by atoms with E-state index < -0.39 is 0 Å². The van der Waals surface area contributed by atoms with Crippen LogP contribution in [0.3, 0.4) is 0 Å². The third-order valence-corrected chi connectivity index (χ3v) is 3.15. The highest BCUT2D eigenvalue weighted by Crippen LogP contribution is 2.32. The van der Waals surface area contributed by atoms with Gasteiger partial charge in [0.15, 0.2) is 0 Å². The number of benzene rings is 1. The number of halogens is 2. The first kappa shape index (κ1) is 14.1. The van der Waals surface area contributed by atoms with Crippen LogP contribution in [0.4, 0.5) is 11.7 Å². The van der Waals surface area contributed by atoms with Crippen molar-refractivity contribution in [1.82, 2.24) is 15.5 Å². The number of anilines is 2. The molecule has 0 aliphatic carbocycles. The van der Waals surface area contributed by atoms with Gasteiger partial charge in [-0.2, -0.15) is 0 Å². The van der Waals surface area contributed by atoms with Gasteiger partial charge >= 0.3 is 6.01 Å². The van der Waals surface area contributed by atoms with Gasteiger partial charge in [-0.1, -0.05) is 41.3 Å². The van der Waals surface area contributed by atoms with E-state index in [4.69, 9.17) is 27.6 Å². The van der Waals surface area contributed by atoms with E-state index in [1.807, 2.05) is 13.8 Å². The lowest BCUT2D eigenvalue weighted by Crippen LogP contribution is -2.17. The van der Waals surface area contributed by atoms with Gasteiger partial charge in [0.1, 0.15) is 0 Å². The first-order valence-corrected chi connectivity index (χ1v) is 6.65. The first-order chi connectivity index (χ1) is 9.11. The predicted molar refractivity (Wildman–Crippen MR) is 76.1 cm³/mol. The van der Waals surface area contributed by atoms with Crippen molar-refractivity contribution in [3.63, 3.8) is 0 Å². The minimum atomic E-state index is -0.00485. The molecule has 0 radical (unpaired) electrons. The van der Waals surface area contributed by atoms with Gasteiger partial charge < -0.3 is 15.1 Å². The third kappa shape index (κ3) is 3.37. The standard InChI is InChI=1S/C12H14Cl2N4O/c1-3-15-7(2)11-17-18-12(19-11)16-10-8(13)5-4-6-9(10)14/h4-7,15H,3H2,1-2H3,(H,16,18). The van der Waals surface area contributed by atoms with Crippen LogP contribution >= 0.6 is 23.2 Å². The highest BCUT2D eigenvalue weighted by molar-refractivity contribution is 6.39. The van der Waals surface area contributed by atoms with Crippen molar-refractivity contribution in [2.75, 3.05) is 11.9 Å². The molecule has 1 unspecified atom stereocenters. The Kier molecular flexibility index (Phi) is 4.63. The summed E-state index contributed by atoms with van der Waals surface area (Å²) in [6, 6.07) is 5.48. The molecule has 7 heteroatoms.